The van der Waals surface area contributed by atoms with Gasteiger partial charge in [0.1, 0.15) is 0 Å². The molecule has 132 valence electrons. The lowest BCUT2D eigenvalue weighted by Gasteiger charge is -2.34. The molecule has 1 fully saturated rings. The lowest BCUT2D eigenvalue weighted by atomic mass is 10.2. The molecular formula is C18H20ClN3O2S. The predicted molar refractivity (Wildman–Crippen MR) is 100 cm³/mol. The van der Waals surface area contributed by atoms with E-state index < -0.39 is 0 Å². The number of hydrogen-bond acceptors (Lipinski definition) is 4. The zero-order chi connectivity index (χ0) is 17.6. The minimum atomic E-state index is -0.0254. The van der Waals surface area contributed by atoms with E-state index in [4.69, 9.17) is 11.6 Å². The van der Waals surface area contributed by atoms with E-state index in [0.29, 0.717) is 30.2 Å². The summed E-state index contributed by atoms with van der Waals surface area (Å²) in [7, 11) is 0. The molecule has 3 rings (SSSR count). The normalized spacial score (nSPS) is 15.2. The summed E-state index contributed by atoms with van der Waals surface area (Å²) in [5.74, 6) is -0.0428. The summed E-state index contributed by atoms with van der Waals surface area (Å²) in [6.07, 6.45) is 0. The van der Waals surface area contributed by atoms with Crippen molar-refractivity contribution in [2.24, 2.45) is 0 Å². The van der Waals surface area contributed by atoms with Crippen molar-refractivity contribution in [1.82, 2.24) is 15.1 Å². The molecule has 1 aromatic heterocycles. The highest BCUT2D eigenvalue weighted by Crippen LogP contribution is 2.18. The molecule has 25 heavy (non-hydrogen) atoms. The second kappa shape index (κ2) is 8.47. The maximum Gasteiger partial charge on any atom is 0.261 e. The van der Waals surface area contributed by atoms with Crippen LogP contribution in [0.5, 0.6) is 0 Å². The Labute approximate surface area is 156 Å². The van der Waals surface area contributed by atoms with E-state index in [1.165, 1.54) is 11.3 Å². The molecule has 0 unspecified atom stereocenters. The maximum absolute atomic E-state index is 12.5. The van der Waals surface area contributed by atoms with Crippen LogP contribution in [0.15, 0.2) is 41.8 Å². The standard InChI is InChI=1S/C18H20ClN3O2S/c19-15-5-2-1-4-14(15)18(24)22-11-9-21(10-12-22)8-7-20-17(23)16-6-3-13-25-16/h1-6,13H,7-12H2,(H,20,23). The van der Waals surface area contributed by atoms with E-state index in [9.17, 15) is 9.59 Å². The minimum Gasteiger partial charge on any atom is -0.350 e. The molecule has 0 spiro atoms. The highest BCUT2D eigenvalue weighted by Gasteiger charge is 2.23. The minimum absolute atomic E-state index is 0.0174. The van der Waals surface area contributed by atoms with Gasteiger partial charge in [0.15, 0.2) is 0 Å². The number of halogens is 1. The monoisotopic (exact) mass is 377 g/mol. The smallest absolute Gasteiger partial charge is 0.261 e. The Morgan fingerprint density at radius 2 is 1.84 bits per heavy atom. The van der Waals surface area contributed by atoms with Gasteiger partial charge in [-0.3, -0.25) is 14.5 Å². The molecule has 0 atom stereocenters. The van der Waals surface area contributed by atoms with E-state index in [-0.39, 0.29) is 11.8 Å². The molecule has 1 saturated heterocycles. The number of benzene rings is 1. The highest BCUT2D eigenvalue weighted by molar-refractivity contribution is 7.12. The van der Waals surface area contributed by atoms with Gasteiger partial charge in [-0.05, 0) is 23.6 Å². The molecule has 5 nitrogen and oxygen atoms in total. The van der Waals surface area contributed by atoms with E-state index in [2.05, 4.69) is 10.2 Å². The van der Waals surface area contributed by atoms with Gasteiger partial charge in [-0.2, -0.15) is 0 Å². The fourth-order valence-electron chi connectivity index (χ4n) is 2.80. The van der Waals surface area contributed by atoms with Crippen LogP contribution in [0.2, 0.25) is 5.02 Å². The summed E-state index contributed by atoms with van der Waals surface area (Å²) < 4.78 is 0. The largest absolute Gasteiger partial charge is 0.350 e. The summed E-state index contributed by atoms with van der Waals surface area (Å²) in [5.41, 5.74) is 0.556. The predicted octanol–water partition coefficient (Wildman–Crippen LogP) is 2.59. The van der Waals surface area contributed by atoms with Crippen LogP contribution in [0.3, 0.4) is 0 Å². The Morgan fingerprint density at radius 3 is 2.52 bits per heavy atom. The molecule has 0 bridgehead atoms. The molecule has 2 aromatic rings. The Balaban J connectivity index is 1.42. The Morgan fingerprint density at radius 1 is 1.08 bits per heavy atom. The van der Waals surface area contributed by atoms with Crippen molar-refractivity contribution in [2.45, 2.75) is 0 Å². The molecule has 1 aliphatic heterocycles. The summed E-state index contributed by atoms with van der Waals surface area (Å²) >= 11 is 7.55. The van der Waals surface area contributed by atoms with Gasteiger partial charge in [-0.1, -0.05) is 29.8 Å². The number of carbonyl (C=O) groups excluding carboxylic acids is 2. The van der Waals surface area contributed by atoms with Gasteiger partial charge in [0.25, 0.3) is 11.8 Å². The zero-order valence-electron chi connectivity index (χ0n) is 13.8. The summed E-state index contributed by atoms with van der Waals surface area (Å²) in [6, 6.07) is 10.8. The SMILES string of the molecule is O=C(NCCN1CCN(C(=O)c2ccccc2Cl)CC1)c1cccs1. The Bertz CT molecular complexity index is 728. The molecule has 0 radical (unpaired) electrons. The van der Waals surface area contributed by atoms with Gasteiger partial charge in [-0.25, -0.2) is 0 Å². The molecule has 7 heteroatoms. The second-order valence-corrected chi connectivity index (χ2v) is 7.20. The first-order valence-corrected chi connectivity index (χ1v) is 9.49. The van der Waals surface area contributed by atoms with Crippen molar-refractivity contribution >= 4 is 34.8 Å². The van der Waals surface area contributed by atoms with Gasteiger partial charge >= 0.3 is 0 Å². The lowest BCUT2D eigenvalue weighted by molar-refractivity contribution is 0.0638. The number of carbonyl (C=O) groups is 2. The van der Waals surface area contributed by atoms with Crippen molar-refractivity contribution in [1.29, 1.82) is 0 Å². The summed E-state index contributed by atoms with van der Waals surface area (Å²) in [4.78, 5) is 29.2. The number of rotatable bonds is 5. The van der Waals surface area contributed by atoms with E-state index >= 15 is 0 Å². The average Bonchev–Trinajstić information content (AvgIpc) is 3.17. The maximum atomic E-state index is 12.5. The van der Waals surface area contributed by atoms with Crippen LogP contribution in [0, 0.1) is 0 Å². The number of piperazine rings is 1. The van der Waals surface area contributed by atoms with Crippen LogP contribution < -0.4 is 5.32 Å². The Kier molecular flexibility index (Phi) is 6.07. The molecule has 0 saturated carbocycles. The number of nitrogens with one attached hydrogen (secondary N) is 1. The van der Waals surface area contributed by atoms with Crippen molar-refractivity contribution < 1.29 is 9.59 Å². The first-order valence-electron chi connectivity index (χ1n) is 8.23. The molecule has 2 amide bonds. The van der Waals surface area contributed by atoms with E-state index in [0.717, 1.165) is 24.5 Å². The van der Waals surface area contributed by atoms with Gasteiger partial charge in [0.2, 0.25) is 0 Å². The molecule has 1 aromatic carbocycles. The number of thiophene rings is 1. The van der Waals surface area contributed by atoms with Crippen molar-refractivity contribution in [3.8, 4) is 0 Å². The van der Waals surface area contributed by atoms with Gasteiger partial charge < -0.3 is 10.2 Å². The van der Waals surface area contributed by atoms with Crippen molar-refractivity contribution in [2.75, 3.05) is 39.3 Å². The van der Waals surface area contributed by atoms with Crippen molar-refractivity contribution in [3.05, 3.63) is 57.2 Å². The molecular weight excluding hydrogens is 358 g/mol. The molecule has 0 aliphatic carbocycles. The van der Waals surface area contributed by atoms with Crippen LogP contribution in [-0.4, -0.2) is 60.9 Å². The van der Waals surface area contributed by atoms with Crippen LogP contribution in [0.1, 0.15) is 20.0 Å². The molecule has 2 heterocycles. The molecule has 1 aliphatic rings. The number of nitrogens with zero attached hydrogens (tertiary/aromatic N) is 2. The van der Waals surface area contributed by atoms with E-state index in [1.807, 2.05) is 34.5 Å². The second-order valence-electron chi connectivity index (χ2n) is 5.85. The number of hydrogen-bond donors (Lipinski definition) is 1. The molecule has 1 N–H and O–H groups in total. The van der Waals surface area contributed by atoms with Crippen LogP contribution >= 0.6 is 22.9 Å². The third-order valence-electron chi connectivity index (χ3n) is 4.22. The van der Waals surface area contributed by atoms with Crippen LogP contribution in [0.4, 0.5) is 0 Å². The summed E-state index contributed by atoms with van der Waals surface area (Å²) in [6.45, 7) is 4.32. The first-order chi connectivity index (χ1) is 12.1. The lowest BCUT2D eigenvalue weighted by Crippen LogP contribution is -2.50. The zero-order valence-corrected chi connectivity index (χ0v) is 15.4. The third-order valence-corrected chi connectivity index (χ3v) is 5.42. The van der Waals surface area contributed by atoms with Gasteiger partial charge in [0.05, 0.1) is 15.5 Å². The first kappa shape index (κ1) is 17.9. The third kappa shape index (κ3) is 4.60. The fourth-order valence-corrected chi connectivity index (χ4v) is 3.66. The van der Waals surface area contributed by atoms with E-state index in [1.54, 1.807) is 12.1 Å². The van der Waals surface area contributed by atoms with Crippen LogP contribution in [-0.2, 0) is 0 Å². The van der Waals surface area contributed by atoms with Gasteiger partial charge in [-0.15, -0.1) is 11.3 Å². The van der Waals surface area contributed by atoms with Crippen molar-refractivity contribution in [3.63, 3.8) is 0 Å². The number of amides is 2. The topological polar surface area (TPSA) is 52.7 Å². The Hall–Kier alpha value is -1.89. The van der Waals surface area contributed by atoms with Gasteiger partial charge in [0, 0.05) is 39.3 Å². The summed E-state index contributed by atoms with van der Waals surface area (Å²) in [5, 5.41) is 5.32. The van der Waals surface area contributed by atoms with Crippen LogP contribution in [0.25, 0.3) is 0 Å². The highest BCUT2D eigenvalue weighted by atomic mass is 35.5. The fraction of sp³-hybridized carbons (Fsp3) is 0.333. The quantitative estimate of drug-likeness (QED) is 0.871. The average molecular weight is 378 g/mol.